The predicted molar refractivity (Wildman–Crippen MR) is 127 cm³/mol. The molecule has 0 radical (unpaired) electrons. The lowest BCUT2D eigenvalue weighted by atomic mass is 10.2. The van der Waals surface area contributed by atoms with Crippen LogP contribution in [0.5, 0.6) is 5.88 Å². The minimum absolute atomic E-state index is 0.00186. The van der Waals surface area contributed by atoms with Gasteiger partial charge in [0.2, 0.25) is 11.8 Å². The van der Waals surface area contributed by atoms with E-state index in [1.54, 1.807) is 54.9 Å². The summed E-state index contributed by atoms with van der Waals surface area (Å²) in [6, 6.07) is 0. The van der Waals surface area contributed by atoms with Crippen LogP contribution in [0.4, 0.5) is 15.5 Å². The van der Waals surface area contributed by atoms with Gasteiger partial charge in [0, 0.05) is 6.16 Å². The highest BCUT2D eigenvalue weighted by Crippen LogP contribution is 2.36. The van der Waals surface area contributed by atoms with Crippen molar-refractivity contribution in [2.24, 2.45) is 0 Å². The number of hydrogen-bond donors (Lipinski definition) is 1. The number of amides is 2. The average molecular weight is 500 g/mol. The van der Waals surface area contributed by atoms with E-state index in [4.69, 9.17) is 14.2 Å². The smallest absolute Gasteiger partial charge is 0.427 e. The summed E-state index contributed by atoms with van der Waals surface area (Å²) >= 11 is 0. The Kier molecular flexibility index (Phi) is 7.99. The number of aliphatic hydroxyl groups excluding tert-OH is 1. The Hall–Kier alpha value is -2.72. The Morgan fingerprint density at radius 3 is 2.06 bits per heavy atom. The number of ether oxygens (including phenoxy) is 3. The van der Waals surface area contributed by atoms with Crippen LogP contribution in [0, 0.1) is 0 Å². The van der Waals surface area contributed by atoms with Crippen molar-refractivity contribution in [2.45, 2.75) is 65.4 Å². The molecule has 0 spiro atoms. The van der Waals surface area contributed by atoms with Crippen LogP contribution in [0.2, 0.25) is 0 Å². The zero-order valence-electron chi connectivity index (χ0n) is 21.1. The molecule has 34 heavy (non-hydrogen) atoms. The zero-order valence-corrected chi connectivity index (χ0v) is 22.0. The molecule has 2 aromatic rings. The van der Waals surface area contributed by atoms with E-state index >= 15 is 0 Å². The van der Waals surface area contributed by atoms with E-state index in [0.29, 0.717) is 4.90 Å². The van der Waals surface area contributed by atoms with Crippen LogP contribution in [0.15, 0.2) is 6.33 Å². The van der Waals surface area contributed by atoms with Gasteiger partial charge in [-0.2, -0.15) is 9.97 Å². The third-order valence-electron chi connectivity index (χ3n) is 4.02. The lowest BCUT2D eigenvalue weighted by Crippen LogP contribution is -2.44. The Morgan fingerprint density at radius 1 is 1.09 bits per heavy atom. The van der Waals surface area contributed by atoms with Crippen molar-refractivity contribution in [2.75, 3.05) is 31.5 Å². The second kappa shape index (κ2) is 9.87. The molecule has 12 nitrogen and oxygen atoms in total. The highest BCUT2D eigenvalue weighted by molar-refractivity contribution is 7.62. The molecule has 2 rings (SSSR count). The molecule has 1 atom stereocenters. The van der Waals surface area contributed by atoms with Crippen LogP contribution in [0.25, 0.3) is 11.2 Å². The van der Waals surface area contributed by atoms with Gasteiger partial charge in [0.25, 0.3) is 0 Å². The maximum Gasteiger partial charge on any atom is 0.427 e. The van der Waals surface area contributed by atoms with Crippen molar-refractivity contribution in [3.8, 4) is 5.88 Å². The number of fused-ring (bicyclic) bond motifs is 1. The number of methoxy groups -OCH3 is 1. The van der Waals surface area contributed by atoms with E-state index in [0.717, 1.165) is 0 Å². The molecule has 0 aliphatic heterocycles. The summed E-state index contributed by atoms with van der Waals surface area (Å²) in [6.45, 7) is 13.1. The van der Waals surface area contributed by atoms with Gasteiger partial charge in [-0.1, -0.05) is 0 Å². The number of rotatable bonds is 6. The number of aliphatic hydroxyl groups is 1. The van der Waals surface area contributed by atoms with Crippen LogP contribution in [0.3, 0.4) is 0 Å². The van der Waals surface area contributed by atoms with Crippen LogP contribution in [-0.4, -0.2) is 80.7 Å². The number of carbonyl (C=O) groups is 2. The normalized spacial score (nSPS) is 13.5. The topological polar surface area (TPSA) is 146 Å². The van der Waals surface area contributed by atoms with Crippen LogP contribution in [-0.2, 0) is 20.6 Å². The second-order valence-electron chi connectivity index (χ2n) is 10.3. The number of carbonyl (C=O) groups excluding carboxylic acids is 2. The number of anilines is 1. The summed E-state index contributed by atoms with van der Waals surface area (Å²) in [5, 5.41) is 10.4. The molecule has 0 aliphatic carbocycles. The zero-order chi connectivity index (χ0) is 26.1. The van der Waals surface area contributed by atoms with Crippen molar-refractivity contribution < 1.29 is 33.5 Å². The van der Waals surface area contributed by atoms with Gasteiger partial charge >= 0.3 is 12.2 Å². The first-order chi connectivity index (χ1) is 15.4. The summed E-state index contributed by atoms with van der Waals surface area (Å²) in [7, 11) is -1.12. The van der Waals surface area contributed by atoms with Gasteiger partial charge in [-0.3, -0.25) is 0 Å². The number of imidazole rings is 1. The average Bonchev–Trinajstić information content (AvgIpc) is 2.99. The van der Waals surface area contributed by atoms with E-state index in [1.807, 2.05) is 0 Å². The third-order valence-corrected chi connectivity index (χ3v) is 5.32. The van der Waals surface area contributed by atoms with Crippen molar-refractivity contribution in [3.05, 3.63) is 6.33 Å². The number of aromatic nitrogens is 4. The van der Waals surface area contributed by atoms with Crippen LogP contribution >= 0.6 is 7.14 Å². The van der Waals surface area contributed by atoms with Gasteiger partial charge in [-0.05, 0) is 54.9 Å². The molecule has 0 aromatic carbocycles. The molecule has 0 aliphatic rings. The van der Waals surface area contributed by atoms with Crippen LogP contribution in [0.1, 0.15) is 41.5 Å². The fourth-order valence-electron chi connectivity index (χ4n) is 2.93. The Bertz CT molecular complexity index is 1070. The van der Waals surface area contributed by atoms with E-state index in [2.05, 4.69) is 15.0 Å². The number of hydrogen-bond acceptors (Lipinski definition) is 10. The van der Waals surface area contributed by atoms with E-state index in [-0.39, 0.29) is 35.7 Å². The van der Waals surface area contributed by atoms with Gasteiger partial charge in [-0.25, -0.2) is 14.6 Å². The summed E-state index contributed by atoms with van der Waals surface area (Å²) in [5.74, 6) is -0.345. The molecule has 2 heterocycles. The summed E-state index contributed by atoms with van der Waals surface area (Å²) < 4.78 is 29.7. The lowest BCUT2D eigenvalue weighted by molar-refractivity contribution is 0.0427. The molecular formula is C21H34N5O7P. The Morgan fingerprint density at radius 2 is 1.62 bits per heavy atom. The van der Waals surface area contributed by atoms with E-state index in [9.17, 15) is 19.3 Å². The van der Waals surface area contributed by atoms with Gasteiger partial charge in [0.1, 0.15) is 11.2 Å². The van der Waals surface area contributed by atoms with E-state index in [1.165, 1.54) is 18.0 Å². The molecule has 0 saturated heterocycles. The minimum atomic E-state index is -2.48. The molecule has 0 fully saturated rings. The molecule has 0 unspecified atom stereocenters. The Labute approximate surface area is 199 Å². The first-order valence-corrected chi connectivity index (χ1v) is 13.4. The molecule has 13 heteroatoms. The molecule has 1 N–H and O–H groups in total. The van der Waals surface area contributed by atoms with Gasteiger partial charge in [0.15, 0.2) is 11.2 Å². The van der Waals surface area contributed by atoms with Gasteiger partial charge in [-0.15, -0.1) is 4.90 Å². The maximum absolute atomic E-state index is 13.0. The summed E-state index contributed by atoms with van der Waals surface area (Å²) in [6.07, 6.45) is -1.49. The minimum Gasteiger partial charge on any atom is -0.479 e. The first-order valence-electron chi connectivity index (χ1n) is 10.7. The molecule has 2 aromatic heterocycles. The molecule has 2 amide bonds. The highest BCUT2D eigenvalue weighted by atomic mass is 31.2. The molecule has 190 valence electrons. The fourth-order valence-corrected chi connectivity index (χ4v) is 4.06. The predicted octanol–water partition coefficient (Wildman–Crippen LogP) is 3.50. The molecular weight excluding hydrogens is 465 g/mol. The molecule has 0 saturated carbocycles. The first kappa shape index (κ1) is 27.5. The summed E-state index contributed by atoms with van der Waals surface area (Å²) in [4.78, 5) is 39.3. The second-order valence-corrected chi connectivity index (χ2v) is 13.8. The largest absolute Gasteiger partial charge is 0.479 e. The van der Waals surface area contributed by atoms with Gasteiger partial charge < -0.3 is 28.4 Å². The highest BCUT2D eigenvalue weighted by Gasteiger charge is 2.36. The van der Waals surface area contributed by atoms with E-state index < -0.39 is 36.6 Å². The summed E-state index contributed by atoms with van der Waals surface area (Å²) in [5.41, 5.74) is -1.37. The van der Waals surface area contributed by atoms with Crippen molar-refractivity contribution >= 4 is 36.4 Å². The van der Waals surface area contributed by atoms with Crippen molar-refractivity contribution in [1.82, 2.24) is 19.5 Å². The lowest BCUT2D eigenvalue weighted by Gasteiger charge is -2.27. The standard InChI is InChI=1S/C21H34N5O7P/c1-20(2,3)32-18(28)26(19(29)33-21(4,5)6)17-23-15-14(16(24-17)31-7)22-12-25(15)10-13(27)11-34(8,9)30/h12-13,27H,10-11H2,1-9H3/t13-/m0/s1. The Balaban J connectivity index is 2.59. The SMILES string of the molecule is COc1nc(N(C(=O)OC(C)(C)C)C(=O)OC(C)(C)C)nc2c1ncn2C[C@H](O)CP(C)(C)=O. The number of nitrogens with zero attached hydrogens (tertiary/aromatic N) is 5. The van der Waals surface area contributed by atoms with Gasteiger partial charge in [0.05, 0.1) is 33.2 Å². The molecule has 0 bridgehead atoms. The fraction of sp³-hybridized carbons (Fsp3) is 0.667. The third kappa shape index (κ3) is 7.66. The monoisotopic (exact) mass is 499 g/mol. The quantitative estimate of drug-likeness (QED) is 0.586. The van der Waals surface area contributed by atoms with Crippen molar-refractivity contribution in [3.63, 3.8) is 0 Å². The maximum atomic E-state index is 13.0. The number of imide groups is 1. The van der Waals surface area contributed by atoms with Crippen LogP contribution < -0.4 is 9.64 Å². The van der Waals surface area contributed by atoms with Crippen molar-refractivity contribution in [1.29, 1.82) is 0 Å².